The van der Waals surface area contributed by atoms with E-state index in [-0.39, 0.29) is 5.41 Å². The molecule has 0 heteroatoms. The van der Waals surface area contributed by atoms with Gasteiger partial charge in [0.15, 0.2) is 0 Å². The summed E-state index contributed by atoms with van der Waals surface area (Å²) in [5, 5.41) is 7.65. The predicted octanol–water partition coefficient (Wildman–Crippen LogP) is 15.8. The molecular formula is C57H40. The molecule has 0 N–H and O–H groups in total. The zero-order chi connectivity index (χ0) is 38.1. The quantitative estimate of drug-likeness (QED) is 0.155. The minimum Gasteiger partial charge on any atom is -0.0622 e. The zero-order valence-corrected chi connectivity index (χ0v) is 32.1. The molecule has 0 aromatic heterocycles. The molecule has 10 aromatic carbocycles. The highest BCUT2D eigenvalue weighted by atomic mass is 14.4. The Labute approximate surface area is 334 Å². The molecule has 1 aliphatic carbocycles. The Balaban J connectivity index is 1.02. The van der Waals surface area contributed by atoms with Crippen LogP contribution < -0.4 is 0 Å². The lowest BCUT2D eigenvalue weighted by atomic mass is 9.81. The third-order valence-electron chi connectivity index (χ3n) is 12.4. The van der Waals surface area contributed by atoms with E-state index in [1.54, 1.807) is 0 Å². The molecule has 0 aliphatic heterocycles. The molecule has 268 valence electrons. The van der Waals surface area contributed by atoms with Gasteiger partial charge in [0, 0.05) is 5.41 Å². The summed E-state index contributed by atoms with van der Waals surface area (Å²) in [6.07, 6.45) is 0. The Morgan fingerprint density at radius 1 is 0.263 bits per heavy atom. The monoisotopic (exact) mass is 724 g/mol. The van der Waals surface area contributed by atoms with Crippen molar-refractivity contribution in [1.29, 1.82) is 0 Å². The van der Waals surface area contributed by atoms with Crippen molar-refractivity contribution in [1.82, 2.24) is 0 Å². The van der Waals surface area contributed by atoms with Crippen molar-refractivity contribution in [2.24, 2.45) is 0 Å². The maximum absolute atomic E-state index is 2.45. The first kappa shape index (κ1) is 33.3. The van der Waals surface area contributed by atoms with Crippen molar-refractivity contribution in [2.75, 3.05) is 0 Å². The molecular weight excluding hydrogens is 685 g/mol. The van der Waals surface area contributed by atoms with Gasteiger partial charge in [0.05, 0.1) is 0 Å². The standard InChI is InChI=1S/C57H40/c1-57(2)53-36-44(30-31-47(53)52-34-42-16-6-7-17-43(42)35-54(52)57)41-19-13-21-46(33-41)56-50-24-10-8-22-48(50)55(49-23-9-11-25-51(49)56)45-20-12-18-40(32-45)39-28-26-38(27-29-39)37-14-4-3-5-15-37/h3-36H,1-2H3. The summed E-state index contributed by atoms with van der Waals surface area (Å²) < 4.78 is 0. The Hall–Kier alpha value is -7.02. The fraction of sp³-hybridized carbons (Fsp3) is 0.0526. The van der Waals surface area contributed by atoms with Gasteiger partial charge in [0.25, 0.3) is 0 Å². The Morgan fingerprint density at radius 3 is 1.23 bits per heavy atom. The van der Waals surface area contributed by atoms with Gasteiger partial charge in [-0.1, -0.05) is 190 Å². The molecule has 0 amide bonds. The second-order valence-corrected chi connectivity index (χ2v) is 16.1. The van der Waals surface area contributed by atoms with Gasteiger partial charge in [-0.05, 0) is 141 Å². The van der Waals surface area contributed by atoms with Crippen LogP contribution in [-0.4, -0.2) is 0 Å². The van der Waals surface area contributed by atoms with E-state index < -0.39 is 0 Å². The summed E-state index contributed by atoms with van der Waals surface area (Å²) in [6, 6.07) is 76.4. The van der Waals surface area contributed by atoms with Crippen molar-refractivity contribution < 1.29 is 0 Å². The number of benzene rings is 10. The molecule has 0 nitrogen and oxygen atoms in total. The SMILES string of the molecule is CC1(C)c2cc(-c3cccc(-c4c5ccccc5c(-c5cccc(-c6ccc(-c7ccccc7)cc6)c5)c5ccccc45)c3)ccc2-c2cc3ccccc3cc21. The fourth-order valence-electron chi connectivity index (χ4n) is 9.55. The molecule has 0 unspecified atom stereocenters. The van der Waals surface area contributed by atoms with Crippen molar-refractivity contribution in [3.05, 3.63) is 217 Å². The van der Waals surface area contributed by atoms with Gasteiger partial charge in [-0.15, -0.1) is 0 Å². The molecule has 0 fully saturated rings. The van der Waals surface area contributed by atoms with E-state index in [1.807, 2.05) is 0 Å². The molecule has 0 heterocycles. The molecule has 57 heavy (non-hydrogen) atoms. The first-order chi connectivity index (χ1) is 28.0. The van der Waals surface area contributed by atoms with Gasteiger partial charge in [-0.25, -0.2) is 0 Å². The number of rotatable bonds is 5. The van der Waals surface area contributed by atoms with Crippen LogP contribution in [0.5, 0.6) is 0 Å². The van der Waals surface area contributed by atoms with Crippen LogP contribution >= 0.6 is 0 Å². The molecule has 0 radical (unpaired) electrons. The van der Waals surface area contributed by atoms with Crippen LogP contribution in [0.3, 0.4) is 0 Å². The van der Waals surface area contributed by atoms with E-state index in [0.29, 0.717) is 0 Å². The molecule has 0 spiro atoms. The number of hydrogen-bond donors (Lipinski definition) is 0. The number of hydrogen-bond acceptors (Lipinski definition) is 0. The molecule has 1 aliphatic rings. The van der Waals surface area contributed by atoms with E-state index in [4.69, 9.17) is 0 Å². The van der Waals surface area contributed by atoms with Crippen molar-refractivity contribution >= 4 is 32.3 Å². The fourth-order valence-corrected chi connectivity index (χ4v) is 9.55. The van der Waals surface area contributed by atoms with Crippen LogP contribution in [0.25, 0.3) is 99.1 Å². The molecule has 0 saturated carbocycles. The lowest BCUT2D eigenvalue weighted by molar-refractivity contribution is 0.661. The highest BCUT2D eigenvalue weighted by Gasteiger charge is 2.36. The van der Waals surface area contributed by atoms with Crippen molar-refractivity contribution in [2.45, 2.75) is 19.3 Å². The third-order valence-corrected chi connectivity index (χ3v) is 12.4. The Kier molecular flexibility index (Phi) is 7.63. The summed E-state index contributed by atoms with van der Waals surface area (Å²) in [4.78, 5) is 0. The van der Waals surface area contributed by atoms with Crippen LogP contribution in [0.2, 0.25) is 0 Å². The zero-order valence-electron chi connectivity index (χ0n) is 32.1. The van der Waals surface area contributed by atoms with Crippen LogP contribution in [0.1, 0.15) is 25.0 Å². The maximum atomic E-state index is 2.45. The third kappa shape index (κ3) is 5.44. The highest BCUT2D eigenvalue weighted by molar-refractivity contribution is 6.21. The van der Waals surface area contributed by atoms with E-state index in [0.717, 1.165) is 0 Å². The van der Waals surface area contributed by atoms with Gasteiger partial charge in [-0.2, -0.15) is 0 Å². The van der Waals surface area contributed by atoms with Crippen molar-refractivity contribution in [3.8, 4) is 66.8 Å². The average Bonchev–Trinajstić information content (AvgIpc) is 3.49. The average molecular weight is 725 g/mol. The second-order valence-electron chi connectivity index (χ2n) is 16.1. The van der Waals surface area contributed by atoms with Crippen LogP contribution in [0.15, 0.2) is 206 Å². The van der Waals surface area contributed by atoms with Crippen LogP contribution in [-0.2, 0) is 5.41 Å². The van der Waals surface area contributed by atoms with E-state index in [1.165, 1.54) is 110 Å². The smallest absolute Gasteiger partial charge is 0.0159 e. The molecule has 10 aromatic rings. The van der Waals surface area contributed by atoms with Gasteiger partial charge >= 0.3 is 0 Å². The van der Waals surface area contributed by atoms with Gasteiger partial charge in [0.1, 0.15) is 0 Å². The minimum absolute atomic E-state index is 0.0898. The van der Waals surface area contributed by atoms with Crippen molar-refractivity contribution in [3.63, 3.8) is 0 Å². The highest BCUT2D eigenvalue weighted by Crippen LogP contribution is 2.51. The molecule has 0 atom stereocenters. The maximum Gasteiger partial charge on any atom is 0.0159 e. The van der Waals surface area contributed by atoms with E-state index in [9.17, 15) is 0 Å². The van der Waals surface area contributed by atoms with E-state index >= 15 is 0 Å². The summed E-state index contributed by atoms with van der Waals surface area (Å²) in [5.41, 5.74) is 17.8. The molecule has 11 rings (SSSR count). The Bertz CT molecular complexity index is 3120. The van der Waals surface area contributed by atoms with Crippen LogP contribution in [0.4, 0.5) is 0 Å². The first-order valence-electron chi connectivity index (χ1n) is 20.0. The summed E-state index contributed by atoms with van der Waals surface area (Å²) in [5.74, 6) is 0. The topological polar surface area (TPSA) is 0 Å². The normalized spacial score (nSPS) is 12.9. The van der Waals surface area contributed by atoms with Crippen LogP contribution in [0, 0.1) is 0 Å². The minimum atomic E-state index is -0.0898. The van der Waals surface area contributed by atoms with Gasteiger partial charge < -0.3 is 0 Å². The lowest BCUT2D eigenvalue weighted by Crippen LogP contribution is -2.15. The largest absolute Gasteiger partial charge is 0.0622 e. The first-order valence-corrected chi connectivity index (χ1v) is 20.0. The van der Waals surface area contributed by atoms with Gasteiger partial charge in [0.2, 0.25) is 0 Å². The summed E-state index contributed by atoms with van der Waals surface area (Å²) >= 11 is 0. The van der Waals surface area contributed by atoms with Gasteiger partial charge in [-0.3, -0.25) is 0 Å². The summed E-state index contributed by atoms with van der Waals surface area (Å²) in [7, 11) is 0. The second kappa shape index (κ2) is 13.0. The number of fused-ring (bicyclic) bond motifs is 6. The van der Waals surface area contributed by atoms with E-state index in [2.05, 4.69) is 220 Å². The summed E-state index contributed by atoms with van der Waals surface area (Å²) in [6.45, 7) is 4.76. The molecule has 0 bridgehead atoms. The predicted molar refractivity (Wildman–Crippen MR) is 244 cm³/mol. The lowest BCUT2D eigenvalue weighted by Gasteiger charge is -2.22. The Morgan fingerprint density at radius 2 is 0.649 bits per heavy atom. The molecule has 0 saturated heterocycles.